The van der Waals surface area contributed by atoms with Crippen molar-refractivity contribution in [2.24, 2.45) is 0 Å². The van der Waals surface area contributed by atoms with Crippen LogP contribution in [0.15, 0.2) is 30.5 Å². The Morgan fingerprint density at radius 3 is 2.81 bits per heavy atom. The molecule has 0 spiro atoms. The van der Waals surface area contributed by atoms with Crippen LogP contribution in [-0.2, 0) is 17.7 Å². The van der Waals surface area contributed by atoms with Gasteiger partial charge in [0.05, 0.1) is 13.2 Å². The molecular weight excluding hydrogens is 275 g/mol. The largest absolute Gasteiger partial charge is 0.461 e. The van der Waals surface area contributed by atoms with Gasteiger partial charge in [0.1, 0.15) is 5.82 Å². The number of hydrogen-bond donors (Lipinski definition) is 1. The maximum Gasteiger partial charge on any atom is 0.359 e. The molecule has 0 unspecified atom stereocenters. The van der Waals surface area contributed by atoms with Gasteiger partial charge in [0.2, 0.25) is 0 Å². The molecule has 0 saturated carbocycles. The summed E-state index contributed by atoms with van der Waals surface area (Å²) >= 11 is 0. The average Bonchev–Trinajstić information content (AvgIpc) is 2.85. The van der Waals surface area contributed by atoms with E-state index in [0.29, 0.717) is 17.5 Å². The van der Waals surface area contributed by atoms with Crippen LogP contribution in [0.25, 0.3) is 0 Å². The Labute approximate surface area is 122 Å². The maximum atomic E-state index is 13.6. The lowest BCUT2D eigenvalue weighted by atomic mass is 10.2. The molecule has 0 aliphatic heterocycles. The molecule has 0 fully saturated rings. The third kappa shape index (κ3) is 3.66. The summed E-state index contributed by atoms with van der Waals surface area (Å²) in [5, 5.41) is 13.2. The van der Waals surface area contributed by atoms with E-state index in [2.05, 4.69) is 5.10 Å². The molecule has 21 heavy (non-hydrogen) atoms. The molecule has 0 bridgehead atoms. The monoisotopic (exact) mass is 292 g/mol. The molecule has 0 aliphatic rings. The first-order valence-electron chi connectivity index (χ1n) is 6.73. The Bertz CT molecular complexity index is 625. The molecule has 2 rings (SSSR count). The van der Waals surface area contributed by atoms with Gasteiger partial charge in [-0.3, -0.25) is 4.68 Å². The Kier molecular flexibility index (Phi) is 5.05. The van der Waals surface area contributed by atoms with Gasteiger partial charge in [-0.05, 0) is 19.4 Å². The summed E-state index contributed by atoms with van der Waals surface area (Å²) in [6, 6.07) is 6.39. The molecule has 0 amide bonds. The molecule has 6 heteroatoms. The van der Waals surface area contributed by atoms with Gasteiger partial charge in [-0.1, -0.05) is 18.2 Å². The van der Waals surface area contributed by atoms with E-state index in [1.807, 2.05) is 0 Å². The van der Waals surface area contributed by atoms with Crippen LogP contribution in [0.4, 0.5) is 4.39 Å². The minimum Gasteiger partial charge on any atom is -0.461 e. The van der Waals surface area contributed by atoms with Crippen LogP contribution in [0, 0.1) is 5.82 Å². The topological polar surface area (TPSA) is 64.3 Å². The van der Waals surface area contributed by atoms with E-state index in [9.17, 15) is 9.18 Å². The first-order chi connectivity index (χ1) is 10.2. The number of aliphatic hydroxyl groups excluding tert-OH is 1. The first-order valence-corrected chi connectivity index (χ1v) is 6.73. The predicted molar refractivity (Wildman–Crippen MR) is 74.5 cm³/mol. The highest BCUT2D eigenvalue weighted by molar-refractivity contribution is 5.88. The lowest BCUT2D eigenvalue weighted by Gasteiger charge is -2.03. The molecule has 0 radical (unpaired) electrons. The van der Waals surface area contributed by atoms with Gasteiger partial charge in [-0.2, -0.15) is 5.10 Å². The van der Waals surface area contributed by atoms with Crippen molar-refractivity contribution in [2.75, 3.05) is 13.2 Å². The van der Waals surface area contributed by atoms with Gasteiger partial charge >= 0.3 is 5.97 Å². The number of halogens is 1. The molecule has 112 valence electrons. The van der Waals surface area contributed by atoms with Crippen molar-refractivity contribution in [1.82, 2.24) is 9.78 Å². The van der Waals surface area contributed by atoms with E-state index in [4.69, 9.17) is 9.84 Å². The van der Waals surface area contributed by atoms with Crippen molar-refractivity contribution in [3.8, 4) is 0 Å². The second kappa shape index (κ2) is 6.99. The zero-order chi connectivity index (χ0) is 15.2. The van der Waals surface area contributed by atoms with E-state index in [1.54, 1.807) is 31.3 Å². The number of benzene rings is 1. The summed E-state index contributed by atoms with van der Waals surface area (Å²) in [6.45, 7) is 2.07. The quantitative estimate of drug-likeness (QED) is 0.824. The second-order valence-electron chi connectivity index (χ2n) is 4.49. The van der Waals surface area contributed by atoms with Crippen molar-refractivity contribution >= 4 is 5.97 Å². The van der Waals surface area contributed by atoms with Crippen molar-refractivity contribution in [2.45, 2.75) is 19.9 Å². The van der Waals surface area contributed by atoms with Crippen LogP contribution in [0.3, 0.4) is 0 Å². The highest BCUT2D eigenvalue weighted by Gasteiger charge is 2.18. The number of esters is 1. The van der Waals surface area contributed by atoms with Gasteiger partial charge in [0.15, 0.2) is 5.69 Å². The van der Waals surface area contributed by atoms with Crippen molar-refractivity contribution < 1.29 is 19.0 Å². The Morgan fingerprint density at radius 2 is 2.14 bits per heavy atom. The van der Waals surface area contributed by atoms with Gasteiger partial charge in [-0.25, -0.2) is 9.18 Å². The standard InChI is InChI=1S/C15H17FN2O3/c1-2-21-15(20)14-12(7-8-19)10-18(17-14)9-11-5-3-4-6-13(11)16/h3-6,10,19H,2,7-9H2,1H3. The summed E-state index contributed by atoms with van der Waals surface area (Å²) in [5.74, 6) is -0.859. The molecule has 1 aromatic heterocycles. The maximum absolute atomic E-state index is 13.6. The summed E-state index contributed by atoms with van der Waals surface area (Å²) < 4.78 is 20.1. The van der Waals surface area contributed by atoms with Crippen LogP contribution in [0.1, 0.15) is 28.5 Å². The summed E-state index contributed by atoms with van der Waals surface area (Å²) in [4.78, 5) is 11.8. The molecular formula is C15H17FN2O3. The van der Waals surface area contributed by atoms with Crippen LogP contribution < -0.4 is 0 Å². The second-order valence-corrected chi connectivity index (χ2v) is 4.49. The minimum absolute atomic E-state index is 0.0994. The zero-order valence-corrected chi connectivity index (χ0v) is 11.8. The Hall–Kier alpha value is -2.21. The van der Waals surface area contributed by atoms with Gasteiger partial charge < -0.3 is 9.84 Å². The number of hydrogen-bond acceptors (Lipinski definition) is 4. The highest BCUT2D eigenvalue weighted by Crippen LogP contribution is 2.13. The van der Waals surface area contributed by atoms with Crippen LogP contribution >= 0.6 is 0 Å². The number of aromatic nitrogens is 2. The molecule has 0 saturated heterocycles. The lowest BCUT2D eigenvalue weighted by molar-refractivity contribution is 0.0517. The van der Waals surface area contributed by atoms with Crippen molar-refractivity contribution in [3.05, 3.63) is 53.1 Å². The van der Waals surface area contributed by atoms with Crippen molar-refractivity contribution in [3.63, 3.8) is 0 Å². The smallest absolute Gasteiger partial charge is 0.359 e. The molecule has 1 N–H and O–H groups in total. The van der Waals surface area contributed by atoms with Gasteiger partial charge in [-0.15, -0.1) is 0 Å². The van der Waals surface area contributed by atoms with E-state index in [-0.39, 0.29) is 31.3 Å². The fourth-order valence-electron chi connectivity index (χ4n) is 2.02. The summed E-state index contributed by atoms with van der Waals surface area (Å²) in [6.07, 6.45) is 1.93. The van der Waals surface area contributed by atoms with Gasteiger partial charge in [0.25, 0.3) is 0 Å². The van der Waals surface area contributed by atoms with Crippen LogP contribution in [0.5, 0.6) is 0 Å². The third-order valence-electron chi connectivity index (χ3n) is 2.98. The van der Waals surface area contributed by atoms with Gasteiger partial charge in [0, 0.05) is 23.9 Å². The normalized spacial score (nSPS) is 10.6. The number of carbonyl (C=O) groups excluding carboxylic acids is 1. The molecule has 0 atom stereocenters. The molecule has 5 nitrogen and oxygen atoms in total. The third-order valence-corrected chi connectivity index (χ3v) is 2.98. The predicted octanol–water partition coefficient (Wildman–Crippen LogP) is 1.78. The van der Waals surface area contributed by atoms with E-state index >= 15 is 0 Å². The molecule has 1 heterocycles. The number of ether oxygens (including phenoxy) is 1. The number of rotatable bonds is 6. The first kappa shape index (κ1) is 15.2. The Balaban J connectivity index is 2.26. The molecule has 2 aromatic rings. The number of carbonyl (C=O) groups is 1. The van der Waals surface area contributed by atoms with E-state index in [1.165, 1.54) is 10.7 Å². The average molecular weight is 292 g/mol. The lowest BCUT2D eigenvalue weighted by Crippen LogP contribution is -2.10. The summed E-state index contributed by atoms with van der Waals surface area (Å²) in [7, 11) is 0. The minimum atomic E-state index is -0.534. The molecule has 0 aliphatic carbocycles. The zero-order valence-electron chi connectivity index (χ0n) is 11.8. The number of aliphatic hydroxyl groups is 1. The van der Waals surface area contributed by atoms with Crippen LogP contribution in [0.2, 0.25) is 0 Å². The highest BCUT2D eigenvalue weighted by atomic mass is 19.1. The Morgan fingerprint density at radius 1 is 1.38 bits per heavy atom. The summed E-state index contributed by atoms with van der Waals surface area (Å²) in [5.41, 5.74) is 1.24. The van der Waals surface area contributed by atoms with Crippen molar-refractivity contribution in [1.29, 1.82) is 0 Å². The fraction of sp³-hybridized carbons (Fsp3) is 0.333. The fourth-order valence-corrected chi connectivity index (χ4v) is 2.02. The molecule has 1 aromatic carbocycles. The SMILES string of the molecule is CCOC(=O)c1nn(Cc2ccccc2F)cc1CCO. The van der Waals surface area contributed by atoms with E-state index < -0.39 is 5.97 Å². The van der Waals surface area contributed by atoms with E-state index in [0.717, 1.165) is 0 Å². The number of nitrogens with zero attached hydrogens (tertiary/aromatic N) is 2. The van der Waals surface area contributed by atoms with Crippen LogP contribution in [-0.4, -0.2) is 34.1 Å².